The minimum atomic E-state index is -0.156. The van der Waals surface area contributed by atoms with E-state index in [0.29, 0.717) is 17.0 Å². The molecule has 0 aliphatic carbocycles. The Morgan fingerprint density at radius 3 is 2.50 bits per heavy atom. The van der Waals surface area contributed by atoms with Crippen molar-refractivity contribution in [2.24, 2.45) is 5.73 Å². The van der Waals surface area contributed by atoms with E-state index in [1.807, 2.05) is 6.07 Å². The molecule has 0 fully saturated rings. The number of aryl methyl sites for hydroxylation is 1. The second-order valence-electron chi connectivity index (χ2n) is 9.87. The van der Waals surface area contributed by atoms with Gasteiger partial charge in [-0.25, -0.2) is 0 Å². The lowest BCUT2D eigenvalue weighted by Gasteiger charge is -2.22. The van der Waals surface area contributed by atoms with E-state index in [1.54, 1.807) is 6.92 Å². The van der Waals surface area contributed by atoms with Gasteiger partial charge in [0, 0.05) is 27.7 Å². The molecule has 3 rings (SSSR count). The summed E-state index contributed by atoms with van der Waals surface area (Å²) in [5, 5.41) is 0.946. The standard InChI is InChI=1S/C32H42N2O2/c1-7-10-11-12-16-25(14-8-2)36-31-19-24-18-30(32(35)26(9-3)23(6)33)34-29(24)20-28(31)27-17-13-15-21(4)22(27)5/h9,13,15,17-20,25,34H,3,7-8,10-12,14,16,33H2,1-2,4-6H3/b26-23-. The van der Waals surface area contributed by atoms with E-state index in [4.69, 9.17) is 10.5 Å². The number of rotatable bonds is 13. The van der Waals surface area contributed by atoms with Crippen LogP contribution in [0.15, 0.2) is 60.3 Å². The number of nitrogens with two attached hydrogens (primary N) is 1. The average molecular weight is 487 g/mol. The van der Waals surface area contributed by atoms with E-state index in [9.17, 15) is 4.79 Å². The highest BCUT2D eigenvalue weighted by Gasteiger charge is 2.19. The number of unbranched alkanes of at least 4 members (excludes halogenated alkanes) is 3. The highest BCUT2D eigenvalue weighted by atomic mass is 16.5. The summed E-state index contributed by atoms with van der Waals surface area (Å²) in [7, 11) is 0. The van der Waals surface area contributed by atoms with Crippen LogP contribution < -0.4 is 10.5 Å². The van der Waals surface area contributed by atoms with E-state index < -0.39 is 0 Å². The summed E-state index contributed by atoms with van der Waals surface area (Å²) in [5.41, 5.74) is 12.9. The first-order chi connectivity index (χ1) is 17.3. The third-order valence-corrected chi connectivity index (χ3v) is 7.02. The lowest BCUT2D eigenvalue weighted by Crippen LogP contribution is -2.16. The summed E-state index contributed by atoms with van der Waals surface area (Å²) in [4.78, 5) is 16.4. The zero-order chi connectivity index (χ0) is 26.2. The van der Waals surface area contributed by atoms with Gasteiger partial charge in [0.05, 0.1) is 11.8 Å². The van der Waals surface area contributed by atoms with Crippen molar-refractivity contribution in [1.29, 1.82) is 0 Å². The van der Waals surface area contributed by atoms with Crippen LogP contribution in [0.1, 0.15) is 87.3 Å². The van der Waals surface area contributed by atoms with Crippen LogP contribution in [0.25, 0.3) is 22.0 Å². The molecule has 1 unspecified atom stereocenters. The highest BCUT2D eigenvalue weighted by molar-refractivity contribution is 6.12. The Bertz CT molecular complexity index is 1240. The maximum Gasteiger partial charge on any atom is 0.210 e. The number of H-pyrrole nitrogens is 1. The first kappa shape index (κ1) is 27.3. The van der Waals surface area contributed by atoms with Crippen LogP contribution in [-0.4, -0.2) is 16.9 Å². The van der Waals surface area contributed by atoms with Crippen molar-refractivity contribution in [2.75, 3.05) is 0 Å². The molecule has 3 N–H and O–H groups in total. The van der Waals surface area contributed by atoms with Crippen LogP contribution in [0, 0.1) is 13.8 Å². The summed E-state index contributed by atoms with van der Waals surface area (Å²) in [5.74, 6) is 0.717. The van der Waals surface area contributed by atoms with E-state index >= 15 is 0 Å². The number of Topliss-reactive ketones (excluding diaryl/α,β-unsaturated/α-hetero) is 1. The fourth-order valence-electron chi connectivity index (χ4n) is 4.77. The van der Waals surface area contributed by atoms with Crippen molar-refractivity contribution >= 4 is 16.7 Å². The first-order valence-electron chi connectivity index (χ1n) is 13.3. The molecule has 0 amide bonds. The number of benzene rings is 2. The molecular weight excluding hydrogens is 444 g/mol. The molecule has 36 heavy (non-hydrogen) atoms. The van der Waals surface area contributed by atoms with Crippen molar-refractivity contribution in [3.05, 3.63) is 77.1 Å². The van der Waals surface area contributed by atoms with Crippen molar-refractivity contribution in [3.8, 4) is 16.9 Å². The highest BCUT2D eigenvalue weighted by Crippen LogP contribution is 2.38. The smallest absolute Gasteiger partial charge is 0.210 e. The zero-order valence-electron chi connectivity index (χ0n) is 22.7. The number of carbonyl (C=O) groups is 1. The lowest BCUT2D eigenvalue weighted by atomic mass is 9.95. The number of ketones is 1. The number of fused-ring (bicyclic) bond motifs is 1. The number of allylic oxidation sites excluding steroid dienone is 3. The van der Waals surface area contributed by atoms with Gasteiger partial charge in [-0.1, -0.05) is 70.4 Å². The molecule has 0 spiro atoms. The Morgan fingerprint density at radius 1 is 1.06 bits per heavy atom. The van der Waals surface area contributed by atoms with E-state index in [0.717, 1.165) is 47.0 Å². The molecule has 1 atom stereocenters. The van der Waals surface area contributed by atoms with Crippen LogP contribution in [0.4, 0.5) is 0 Å². The van der Waals surface area contributed by atoms with Gasteiger partial charge in [-0.2, -0.15) is 0 Å². The van der Waals surface area contributed by atoms with Gasteiger partial charge < -0.3 is 15.5 Å². The fraction of sp³-hybridized carbons (Fsp3) is 0.406. The molecule has 0 saturated carbocycles. The summed E-state index contributed by atoms with van der Waals surface area (Å²) in [6, 6.07) is 12.5. The summed E-state index contributed by atoms with van der Waals surface area (Å²) in [6.45, 7) is 14.2. The number of hydrogen-bond acceptors (Lipinski definition) is 3. The molecule has 1 heterocycles. The first-order valence-corrected chi connectivity index (χ1v) is 13.3. The molecule has 4 heteroatoms. The lowest BCUT2D eigenvalue weighted by molar-refractivity contribution is 0.103. The third-order valence-electron chi connectivity index (χ3n) is 7.02. The van der Waals surface area contributed by atoms with Crippen LogP contribution >= 0.6 is 0 Å². The van der Waals surface area contributed by atoms with E-state index in [1.165, 1.54) is 42.9 Å². The molecule has 1 aromatic heterocycles. The molecular formula is C32H42N2O2. The van der Waals surface area contributed by atoms with Crippen molar-refractivity contribution in [3.63, 3.8) is 0 Å². The van der Waals surface area contributed by atoms with Crippen molar-refractivity contribution in [2.45, 2.75) is 85.7 Å². The Morgan fingerprint density at radius 2 is 1.83 bits per heavy atom. The topological polar surface area (TPSA) is 68.1 Å². The molecule has 0 radical (unpaired) electrons. The largest absolute Gasteiger partial charge is 0.490 e. The Hall–Kier alpha value is -3.27. The second kappa shape index (κ2) is 12.6. The molecule has 0 bridgehead atoms. The van der Waals surface area contributed by atoms with Gasteiger partial charge in [0.25, 0.3) is 0 Å². The molecule has 3 aromatic rings. The number of hydrogen-bond donors (Lipinski definition) is 2. The quantitative estimate of drug-likeness (QED) is 0.110. The maximum absolute atomic E-state index is 13.1. The van der Waals surface area contributed by atoms with Gasteiger partial charge in [-0.3, -0.25) is 4.79 Å². The molecule has 4 nitrogen and oxygen atoms in total. The summed E-state index contributed by atoms with van der Waals surface area (Å²) >= 11 is 0. The van der Waals surface area contributed by atoms with Crippen LogP contribution in [0.5, 0.6) is 5.75 Å². The average Bonchev–Trinajstić information content (AvgIpc) is 3.26. The van der Waals surface area contributed by atoms with Gasteiger partial charge >= 0.3 is 0 Å². The fourth-order valence-corrected chi connectivity index (χ4v) is 4.77. The Kier molecular flexibility index (Phi) is 9.58. The Balaban J connectivity index is 2.09. The number of carbonyl (C=O) groups excluding carboxylic acids is 1. The number of aromatic amines is 1. The van der Waals surface area contributed by atoms with Crippen molar-refractivity contribution < 1.29 is 9.53 Å². The van der Waals surface area contributed by atoms with Gasteiger partial charge in [-0.15, -0.1) is 0 Å². The Labute approximate surface area is 216 Å². The van der Waals surface area contributed by atoms with E-state index in [2.05, 4.69) is 69.6 Å². The van der Waals surface area contributed by atoms with Gasteiger partial charge in [0.15, 0.2) is 0 Å². The van der Waals surface area contributed by atoms with Gasteiger partial charge in [0.1, 0.15) is 5.75 Å². The maximum atomic E-state index is 13.1. The zero-order valence-corrected chi connectivity index (χ0v) is 22.7. The minimum absolute atomic E-state index is 0.156. The predicted octanol–water partition coefficient (Wildman–Crippen LogP) is 8.57. The van der Waals surface area contributed by atoms with Crippen LogP contribution in [0.3, 0.4) is 0 Å². The molecule has 0 aliphatic heterocycles. The normalized spacial score (nSPS) is 12.9. The van der Waals surface area contributed by atoms with E-state index in [-0.39, 0.29) is 11.9 Å². The predicted molar refractivity (Wildman–Crippen MR) is 153 cm³/mol. The molecule has 0 saturated heterocycles. The number of nitrogens with one attached hydrogen (secondary N) is 1. The van der Waals surface area contributed by atoms with Gasteiger partial charge in [0.2, 0.25) is 5.78 Å². The van der Waals surface area contributed by atoms with Crippen LogP contribution in [0.2, 0.25) is 0 Å². The number of ether oxygens (including phenoxy) is 1. The summed E-state index contributed by atoms with van der Waals surface area (Å²) in [6.07, 6.45) is 9.77. The minimum Gasteiger partial charge on any atom is -0.490 e. The summed E-state index contributed by atoms with van der Waals surface area (Å²) < 4.78 is 6.76. The van der Waals surface area contributed by atoms with Crippen LogP contribution in [-0.2, 0) is 0 Å². The third kappa shape index (κ3) is 6.29. The molecule has 2 aromatic carbocycles. The van der Waals surface area contributed by atoms with Crippen molar-refractivity contribution in [1.82, 2.24) is 4.98 Å². The number of aromatic nitrogens is 1. The second-order valence-corrected chi connectivity index (χ2v) is 9.87. The molecule has 192 valence electrons. The molecule has 0 aliphatic rings. The monoisotopic (exact) mass is 486 g/mol. The van der Waals surface area contributed by atoms with Gasteiger partial charge in [-0.05, 0) is 74.9 Å². The SMILES string of the molecule is C=C/C(C(=O)c1cc2cc(OC(CCC)CCCCCC)c(-c3cccc(C)c3C)cc2[nH]1)=C(\C)N.